The van der Waals surface area contributed by atoms with Crippen LogP contribution in [0.15, 0.2) is 40.5 Å². The molecule has 2 aliphatic heterocycles. The molecule has 1 atom stereocenters. The number of aliphatic hydroxyl groups excluding tert-OH is 1. The number of morpholine rings is 1. The van der Waals surface area contributed by atoms with E-state index in [1.807, 2.05) is 16.3 Å². The van der Waals surface area contributed by atoms with Crippen molar-refractivity contribution in [2.75, 3.05) is 45.9 Å². The van der Waals surface area contributed by atoms with Gasteiger partial charge >= 0.3 is 4.87 Å². The Kier molecular flexibility index (Phi) is 9.88. The van der Waals surface area contributed by atoms with Gasteiger partial charge < -0.3 is 30.2 Å². The topological polar surface area (TPSA) is 131 Å². The lowest BCUT2D eigenvalue weighted by Crippen LogP contribution is -2.57. The Balaban J connectivity index is 0.989. The SMILES string of the molecule is CC(C)c1csc(C(=O)N2CCOC3(CCN(Cc4cc(F)cc(CCNCC(O)c5ccc(O)c6[nH]c(=O)sc56)c4)CC3)C2)n1. The number of thiazole rings is 2. The van der Waals surface area contributed by atoms with E-state index in [0.29, 0.717) is 60.0 Å². The number of ether oxygens (including phenoxy) is 1. The van der Waals surface area contributed by atoms with Gasteiger partial charge in [0.15, 0.2) is 5.01 Å². The van der Waals surface area contributed by atoms with Gasteiger partial charge in [0.1, 0.15) is 17.1 Å². The minimum Gasteiger partial charge on any atom is -0.506 e. The summed E-state index contributed by atoms with van der Waals surface area (Å²) in [4.78, 5) is 36.1. The molecule has 0 bridgehead atoms. The van der Waals surface area contributed by atoms with Gasteiger partial charge in [0.2, 0.25) is 0 Å². The molecule has 2 aromatic carbocycles. The van der Waals surface area contributed by atoms with E-state index < -0.39 is 6.10 Å². The van der Waals surface area contributed by atoms with E-state index in [0.717, 1.165) is 54.1 Å². The molecular formula is C33H40FN5O5S2. The Labute approximate surface area is 274 Å². The summed E-state index contributed by atoms with van der Waals surface area (Å²) in [5, 5.41) is 26.5. The lowest BCUT2D eigenvalue weighted by Gasteiger charge is -2.47. The van der Waals surface area contributed by atoms with E-state index in [2.05, 4.69) is 34.0 Å². The van der Waals surface area contributed by atoms with Crippen molar-refractivity contribution in [2.24, 2.45) is 0 Å². The zero-order valence-electron chi connectivity index (χ0n) is 26.1. The van der Waals surface area contributed by atoms with Crippen molar-refractivity contribution in [1.29, 1.82) is 0 Å². The molecule has 2 aromatic heterocycles. The molecule has 246 valence electrons. The summed E-state index contributed by atoms with van der Waals surface area (Å²) < 4.78 is 21.4. The Morgan fingerprint density at radius 3 is 2.74 bits per heavy atom. The fourth-order valence-electron chi connectivity index (χ4n) is 6.32. The first-order valence-electron chi connectivity index (χ1n) is 15.7. The molecule has 4 heterocycles. The van der Waals surface area contributed by atoms with Crippen LogP contribution in [0.3, 0.4) is 0 Å². The number of aliphatic hydroxyl groups is 1. The first-order valence-corrected chi connectivity index (χ1v) is 17.4. The highest BCUT2D eigenvalue weighted by Crippen LogP contribution is 2.33. The van der Waals surface area contributed by atoms with Crippen LogP contribution >= 0.6 is 22.7 Å². The van der Waals surface area contributed by atoms with E-state index >= 15 is 0 Å². The van der Waals surface area contributed by atoms with Crippen LogP contribution in [0, 0.1) is 5.82 Å². The number of benzene rings is 2. The number of H-pyrrole nitrogens is 1. The number of aromatic amines is 1. The van der Waals surface area contributed by atoms with Gasteiger partial charge in [0, 0.05) is 43.7 Å². The number of aromatic hydroxyl groups is 1. The number of hydrogen-bond acceptors (Lipinski definition) is 10. The Morgan fingerprint density at radius 2 is 1.98 bits per heavy atom. The highest BCUT2D eigenvalue weighted by atomic mass is 32.1. The monoisotopic (exact) mass is 669 g/mol. The third kappa shape index (κ3) is 7.35. The molecule has 4 N–H and O–H groups in total. The maximum absolute atomic E-state index is 14.6. The van der Waals surface area contributed by atoms with Crippen LogP contribution in [0.1, 0.15) is 70.9 Å². The van der Waals surface area contributed by atoms with Crippen molar-refractivity contribution in [3.05, 3.63) is 78.6 Å². The number of hydrogen-bond donors (Lipinski definition) is 4. The first kappa shape index (κ1) is 32.7. The number of carbonyl (C=O) groups is 1. The predicted molar refractivity (Wildman–Crippen MR) is 177 cm³/mol. The molecule has 4 aromatic rings. The molecule has 6 rings (SSSR count). The maximum Gasteiger partial charge on any atom is 0.305 e. The smallest absolute Gasteiger partial charge is 0.305 e. The van der Waals surface area contributed by atoms with Gasteiger partial charge in [-0.1, -0.05) is 37.3 Å². The van der Waals surface area contributed by atoms with Crippen molar-refractivity contribution in [3.63, 3.8) is 0 Å². The van der Waals surface area contributed by atoms with E-state index in [4.69, 9.17) is 4.74 Å². The van der Waals surface area contributed by atoms with Crippen LogP contribution in [0.5, 0.6) is 5.75 Å². The first-order chi connectivity index (χ1) is 22.1. The van der Waals surface area contributed by atoms with Gasteiger partial charge in [-0.2, -0.15) is 0 Å². The molecule has 10 nitrogen and oxygen atoms in total. The highest BCUT2D eigenvalue weighted by Gasteiger charge is 2.41. The number of fused-ring (bicyclic) bond motifs is 1. The number of amides is 1. The molecule has 2 saturated heterocycles. The minimum atomic E-state index is -0.872. The van der Waals surface area contributed by atoms with Crippen molar-refractivity contribution in [2.45, 2.75) is 57.3 Å². The number of rotatable bonds is 10. The molecule has 0 aliphatic carbocycles. The summed E-state index contributed by atoms with van der Waals surface area (Å²) >= 11 is 2.36. The van der Waals surface area contributed by atoms with Crippen LogP contribution in [0.4, 0.5) is 4.39 Å². The molecule has 46 heavy (non-hydrogen) atoms. The fraction of sp³-hybridized carbons (Fsp3) is 0.485. The average Bonchev–Trinajstić information content (AvgIpc) is 3.68. The molecule has 0 radical (unpaired) electrons. The summed E-state index contributed by atoms with van der Waals surface area (Å²) in [5.74, 6) is -0.0397. The van der Waals surface area contributed by atoms with Crippen molar-refractivity contribution in [1.82, 2.24) is 25.1 Å². The third-order valence-corrected chi connectivity index (χ3v) is 10.7. The van der Waals surface area contributed by atoms with E-state index in [1.54, 1.807) is 18.2 Å². The molecule has 1 spiro atoms. The second kappa shape index (κ2) is 13.9. The van der Waals surface area contributed by atoms with Gasteiger partial charge in [-0.25, -0.2) is 9.37 Å². The standard InChI is InChI=1S/C33H40FN5O5S2/c1-20(2)25-18-45-30(36-25)31(42)39-11-12-44-33(19-39)6-9-38(10-7-33)17-22-13-21(14-23(34)15-22)5-8-35-16-27(41)24-3-4-26(40)28-29(24)46-32(43)37-28/h3-4,13-15,18,20,27,35,40-41H,5-12,16-17,19H2,1-2H3,(H,37,43). The number of phenolic OH excluding ortho intramolecular Hbond substituents is 1. The molecule has 2 aliphatic rings. The quantitative estimate of drug-likeness (QED) is 0.183. The van der Waals surface area contributed by atoms with Crippen LogP contribution in [0.2, 0.25) is 0 Å². The number of halogens is 1. The van der Waals surface area contributed by atoms with Gasteiger partial charge in [0.25, 0.3) is 5.91 Å². The predicted octanol–water partition coefficient (Wildman–Crippen LogP) is 4.39. The Morgan fingerprint density at radius 1 is 1.20 bits per heavy atom. The van der Waals surface area contributed by atoms with Crippen molar-refractivity contribution < 1.29 is 24.1 Å². The highest BCUT2D eigenvalue weighted by molar-refractivity contribution is 7.16. The fourth-order valence-corrected chi connectivity index (χ4v) is 8.18. The molecular weight excluding hydrogens is 630 g/mol. The van der Waals surface area contributed by atoms with Crippen molar-refractivity contribution >= 4 is 38.8 Å². The van der Waals surface area contributed by atoms with Crippen LogP contribution in [0.25, 0.3) is 10.2 Å². The number of likely N-dealkylation sites (tertiary alicyclic amines) is 1. The minimum absolute atomic E-state index is 0.0186. The molecule has 1 unspecified atom stereocenters. The maximum atomic E-state index is 14.6. The summed E-state index contributed by atoms with van der Waals surface area (Å²) in [7, 11) is 0. The summed E-state index contributed by atoms with van der Waals surface area (Å²) in [6.07, 6.45) is 1.31. The number of carbonyl (C=O) groups excluding carboxylic acids is 1. The zero-order valence-corrected chi connectivity index (χ0v) is 27.7. The van der Waals surface area contributed by atoms with Gasteiger partial charge in [-0.15, -0.1) is 11.3 Å². The Bertz CT molecular complexity index is 1750. The number of nitrogens with one attached hydrogen (secondary N) is 2. The molecule has 0 saturated carbocycles. The van der Waals surface area contributed by atoms with Crippen LogP contribution < -0.4 is 10.2 Å². The summed E-state index contributed by atoms with van der Waals surface area (Å²) in [6, 6.07) is 8.24. The number of phenols is 1. The lowest BCUT2D eigenvalue weighted by atomic mass is 9.89. The van der Waals surface area contributed by atoms with E-state index in [1.165, 1.54) is 17.4 Å². The largest absolute Gasteiger partial charge is 0.506 e. The van der Waals surface area contributed by atoms with Crippen molar-refractivity contribution in [3.8, 4) is 5.75 Å². The second-order valence-electron chi connectivity index (χ2n) is 12.6. The number of nitrogens with zero attached hydrogens (tertiary/aromatic N) is 3. The van der Waals surface area contributed by atoms with Crippen LogP contribution in [-0.2, 0) is 17.7 Å². The summed E-state index contributed by atoms with van der Waals surface area (Å²) in [5.41, 5.74) is 3.26. The molecule has 2 fully saturated rings. The zero-order chi connectivity index (χ0) is 32.4. The van der Waals surface area contributed by atoms with Gasteiger partial charge in [-0.3, -0.25) is 14.5 Å². The molecule has 1 amide bonds. The van der Waals surface area contributed by atoms with Gasteiger partial charge in [-0.05, 0) is 61.1 Å². The van der Waals surface area contributed by atoms with Gasteiger partial charge in [0.05, 0.1) is 35.3 Å². The third-order valence-electron chi connectivity index (χ3n) is 8.90. The normalized spacial score (nSPS) is 17.7. The Hall–Kier alpha value is -3.20. The second-order valence-corrected chi connectivity index (χ2v) is 14.4. The number of piperidine rings is 1. The number of aromatic nitrogens is 2. The van der Waals surface area contributed by atoms with E-state index in [9.17, 15) is 24.2 Å². The average molecular weight is 670 g/mol. The van der Waals surface area contributed by atoms with Crippen LogP contribution in [-0.4, -0.2) is 87.4 Å². The molecule has 13 heteroatoms. The lowest BCUT2D eigenvalue weighted by molar-refractivity contribution is -0.127. The summed E-state index contributed by atoms with van der Waals surface area (Å²) in [6.45, 7) is 8.78. The van der Waals surface area contributed by atoms with E-state index in [-0.39, 0.29) is 40.4 Å².